The van der Waals surface area contributed by atoms with Gasteiger partial charge in [-0.05, 0) is 36.5 Å². The van der Waals surface area contributed by atoms with Gasteiger partial charge in [0.15, 0.2) is 5.16 Å². The molecule has 0 bridgehead atoms. The average molecular weight is 396 g/mol. The molecule has 0 amide bonds. The summed E-state index contributed by atoms with van der Waals surface area (Å²) in [6, 6.07) is 9.42. The molecule has 0 unspecified atom stereocenters. The highest BCUT2D eigenvalue weighted by Crippen LogP contribution is 2.39. The quantitative estimate of drug-likeness (QED) is 0.529. The summed E-state index contributed by atoms with van der Waals surface area (Å²) in [5.41, 5.74) is 6.56. The maximum absolute atomic E-state index is 13.4. The van der Waals surface area contributed by atoms with E-state index in [-0.39, 0.29) is 11.6 Å². The predicted molar refractivity (Wildman–Crippen MR) is 113 cm³/mol. The van der Waals surface area contributed by atoms with Crippen LogP contribution >= 0.6 is 11.8 Å². The number of benzene rings is 1. The second kappa shape index (κ2) is 7.91. The van der Waals surface area contributed by atoms with Crippen LogP contribution in [0.1, 0.15) is 45.0 Å². The van der Waals surface area contributed by atoms with Crippen molar-refractivity contribution in [3.05, 3.63) is 52.7 Å². The van der Waals surface area contributed by atoms with Gasteiger partial charge in [0.25, 0.3) is 5.56 Å². The van der Waals surface area contributed by atoms with Gasteiger partial charge in [-0.25, -0.2) is 15.0 Å². The van der Waals surface area contributed by atoms with E-state index in [1.165, 1.54) is 18.2 Å². The SMILES string of the molecule is C[C@@H]1[C@H](C)CCC[C@@H]1n1c(SCc2nccc(N)n2)nc2ccccc2c1=O. The fourth-order valence-electron chi connectivity index (χ4n) is 4.05. The summed E-state index contributed by atoms with van der Waals surface area (Å²) < 4.78 is 1.93. The number of nitrogens with two attached hydrogens (primary N) is 1. The van der Waals surface area contributed by atoms with Crippen molar-refractivity contribution in [2.45, 2.75) is 50.1 Å². The van der Waals surface area contributed by atoms with Gasteiger partial charge in [-0.3, -0.25) is 9.36 Å². The smallest absolute Gasteiger partial charge is 0.262 e. The van der Waals surface area contributed by atoms with Crippen LogP contribution < -0.4 is 11.3 Å². The van der Waals surface area contributed by atoms with E-state index in [0.717, 1.165) is 23.5 Å². The van der Waals surface area contributed by atoms with E-state index in [2.05, 4.69) is 23.8 Å². The number of nitrogens with zero attached hydrogens (tertiary/aromatic N) is 4. The fraction of sp³-hybridized carbons (Fsp3) is 0.429. The van der Waals surface area contributed by atoms with Gasteiger partial charge in [0.05, 0.1) is 16.7 Å². The Morgan fingerprint density at radius 1 is 1.18 bits per heavy atom. The van der Waals surface area contributed by atoms with E-state index in [9.17, 15) is 4.79 Å². The van der Waals surface area contributed by atoms with Gasteiger partial charge < -0.3 is 5.73 Å². The van der Waals surface area contributed by atoms with Crippen LogP contribution in [-0.2, 0) is 5.75 Å². The third-order valence-electron chi connectivity index (χ3n) is 5.83. The van der Waals surface area contributed by atoms with Gasteiger partial charge >= 0.3 is 0 Å². The van der Waals surface area contributed by atoms with Crippen LogP contribution in [0.3, 0.4) is 0 Å². The fourth-order valence-corrected chi connectivity index (χ4v) is 4.97. The Balaban J connectivity index is 1.78. The minimum Gasteiger partial charge on any atom is -0.384 e. The van der Waals surface area contributed by atoms with E-state index in [4.69, 9.17) is 10.7 Å². The Morgan fingerprint density at radius 2 is 2.00 bits per heavy atom. The lowest BCUT2D eigenvalue weighted by molar-refractivity contribution is 0.173. The highest BCUT2D eigenvalue weighted by atomic mass is 32.2. The maximum Gasteiger partial charge on any atom is 0.262 e. The van der Waals surface area contributed by atoms with Gasteiger partial charge in [0.2, 0.25) is 0 Å². The Bertz CT molecular complexity index is 1050. The first-order chi connectivity index (χ1) is 13.5. The van der Waals surface area contributed by atoms with Crippen molar-refractivity contribution in [1.82, 2.24) is 19.5 Å². The van der Waals surface area contributed by atoms with Crippen molar-refractivity contribution in [3.8, 4) is 0 Å². The Hall–Kier alpha value is -2.41. The maximum atomic E-state index is 13.4. The molecule has 6 nitrogen and oxygen atoms in total. The first-order valence-electron chi connectivity index (χ1n) is 9.76. The lowest BCUT2D eigenvalue weighted by atomic mass is 9.78. The highest BCUT2D eigenvalue weighted by molar-refractivity contribution is 7.98. The number of anilines is 1. The molecule has 1 aliphatic carbocycles. The molecule has 7 heteroatoms. The number of para-hydroxylation sites is 1. The van der Waals surface area contributed by atoms with E-state index >= 15 is 0 Å². The number of fused-ring (bicyclic) bond motifs is 1. The van der Waals surface area contributed by atoms with E-state index in [0.29, 0.717) is 34.6 Å². The van der Waals surface area contributed by atoms with Gasteiger partial charge in [0, 0.05) is 12.2 Å². The van der Waals surface area contributed by atoms with Gasteiger partial charge in [-0.1, -0.05) is 50.6 Å². The second-order valence-electron chi connectivity index (χ2n) is 7.61. The van der Waals surface area contributed by atoms with Crippen LogP contribution in [0.4, 0.5) is 5.82 Å². The van der Waals surface area contributed by atoms with Crippen molar-refractivity contribution in [3.63, 3.8) is 0 Å². The Morgan fingerprint density at radius 3 is 2.82 bits per heavy atom. The molecule has 0 aliphatic heterocycles. The first kappa shape index (κ1) is 18.9. The molecule has 2 aromatic heterocycles. The normalized spacial score (nSPS) is 22.4. The minimum atomic E-state index is 0.0487. The number of aromatic nitrogens is 4. The van der Waals surface area contributed by atoms with Crippen LogP contribution in [0.5, 0.6) is 0 Å². The lowest BCUT2D eigenvalue weighted by Gasteiger charge is -2.36. The van der Waals surface area contributed by atoms with Crippen molar-refractivity contribution < 1.29 is 0 Å². The van der Waals surface area contributed by atoms with Gasteiger partial charge in [-0.2, -0.15) is 0 Å². The second-order valence-corrected chi connectivity index (χ2v) is 8.55. The standard InChI is InChI=1S/C21H25N5OS/c1-13-6-5-9-17(14(13)2)26-20(27)15-7-3-4-8-16(15)24-21(26)28-12-19-23-11-10-18(22)25-19/h3-4,7-8,10-11,13-14,17H,5-6,9,12H2,1-2H3,(H2,22,23,25)/t13-,14-,17+/m1/s1. The number of nitrogen functional groups attached to an aromatic ring is 1. The molecule has 1 aromatic carbocycles. The van der Waals surface area contributed by atoms with E-state index < -0.39 is 0 Å². The van der Waals surface area contributed by atoms with Crippen molar-refractivity contribution >= 4 is 28.5 Å². The summed E-state index contributed by atoms with van der Waals surface area (Å²) in [5.74, 6) is 2.63. The highest BCUT2D eigenvalue weighted by Gasteiger charge is 2.31. The molecule has 1 saturated carbocycles. The topological polar surface area (TPSA) is 86.7 Å². The monoisotopic (exact) mass is 395 g/mol. The predicted octanol–water partition coefficient (Wildman–Crippen LogP) is 4.06. The van der Waals surface area contributed by atoms with Crippen LogP contribution in [0.15, 0.2) is 46.5 Å². The number of hydrogen-bond donors (Lipinski definition) is 1. The number of rotatable bonds is 4. The molecule has 1 aliphatic rings. The zero-order chi connectivity index (χ0) is 19.7. The molecule has 0 radical (unpaired) electrons. The molecule has 28 heavy (non-hydrogen) atoms. The zero-order valence-electron chi connectivity index (χ0n) is 16.2. The molecule has 2 heterocycles. The average Bonchev–Trinajstić information content (AvgIpc) is 2.69. The van der Waals surface area contributed by atoms with Crippen LogP contribution in [0.2, 0.25) is 0 Å². The molecule has 3 aromatic rings. The molecule has 0 spiro atoms. The number of hydrogen-bond acceptors (Lipinski definition) is 6. The van der Waals surface area contributed by atoms with Crippen LogP contribution in [0.25, 0.3) is 10.9 Å². The molecule has 146 valence electrons. The largest absolute Gasteiger partial charge is 0.384 e. The third kappa shape index (κ3) is 3.63. The molecular weight excluding hydrogens is 370 g/mol. The van der Waals surface area contributed by atoms with Crippen molar-refractivity contribution in [2.75, 3.05) is 5.73 Å². The van der Waals surface area contributed by atoms with Crippen LogP contribution in [-0.4, -0.2) is 19.5 Å². The summed E-state index contributed by atoms with van der Waals surface area (Å²) in [6.07, 6.45) is 5.02. The molecule has 3 atom stereocenters. The summed E-state index contributed by atoms with van der Waals surface area (Å²) in [5, 5.41) is 1.41. The summed E-state index contributed by atoms with van der Waals surface area (Å²) in [7, 11) is 0. The van der Waals surface area contributed by atoms with Crippen molar-refractivity contribution in [1.29, 1.82) is 0 Å². The third-order valence-corrected chi connectivity index (χ3v) is 6.78. The summed E-state index contributed by atoms with van der Waals surface area (Å²) in [4.78, 5) is 26.8. The molecular formula is C21H25N5OS. The van der Waals surface area contributed by atoms with Crippen molar-refractivity contribution in [2.24, 2.45) is 11.8 Å². The Kier molecular flexibility index (Phi) is 5.35. The van der Waals surface area contributed by atoms with E-state index in [1.807, 2.05) is 28.8 Å². The molecule has 1 fully saturated rings. The summed E-state index contributed by atoms with van der Waals surface area (Å²) in [6.45, 7) is 4.54. The minimum absolute atomic E-state index is 0.0487. The van der Waals surface area contributed by atoms with Gasteiger partial charge in [-0.15, -0.1) is 0 Å². The number of thioether (sulfide) groups is 1. The lowest BCUT2D eigenvalue weighted by Crippen LogP contribution is -2.35. The summed E-state index contributed by atoms with van der Waals surface area (Å²) >= 11 is 1.51. The molecule has 2 N–H and O–H groups in total. The Labute approximate surface area is 168 Å². The molecule has 4 rings (SSSR count). The molecule has 0 saturated heterocycles. The first-order valence-corrected chi connectivity index (χ1v) is 10.7. The van der Waals surface area contributed by atoms with E-state index in [1.54, 1.807) is 12.3 Å². The zero-order valence-corrected chi connectivity index (χ0v) is 17.0. The van der Waals surface area contributed by atoms with Gasteiger partial charge in [0.1, 0.15) is 11.6 Å². The van der Waals surface area contributed by atoms with Crippen LogP contribution in [0, 0.1) is 11.8 Å².